The maximum Gasteiger partial charge on any atom is 0.246 e. The van der Waals surface area contributed by atoms with E-state index in [1.54, 1.807) is 11.0 Å². The molecule has 5 rings (SSSR count). The minimum absolute atomic E-state index is 0.120. The zero-order valence-electron chi connectivity index (χ0n) is 18.7. The van der Waals surface area contributed by atoms with Gasteiger partial charge in [-0.05, 0) is 18.4 Å². The molecular weight excluding hydrogens is 418 g/mol. The van der Waals surface area contributed by atoms with Gasteiger partial charge in [-0.25, -0.2) is 0 Å². The number of nitrogens with one attached hydrogen (secondary N) is 2. The van der Waals surface area contributed by atoms with Crippen molar-refractivity contribution in [2.75, 3.05) is 6.54 Å². The summed E-state index contributed by atoms with van der Waals surface area (Å²) < 4.78 is 6.31. The quantitative estimate of drug-likeness (QED) is 0.624. The summed E-state index contributed by atoms with van der Waals surface area (Å²) in [5.41, 5.74) is -0.130. The molecule has 1 spiro atoms. The van der Waals surface area contributed by atoms with Crippen molar-refractivity contribution < 1.29 is 19.1 Å². The highest BCUT2D eigenvalue weighted by Gasteiger charge is 2.72. The van der Waals surface area contributed by atoms with Crippen LogP contribution in [0.2, 0.25) is 0 Å². The second kappa shape index (κ2) is 8.78. The zero-order chi connectivity index (χ0) is 23.0. The van der Waals surface area contributed by atoms with Crippen LogP contribution in [0.15, 0.2) is 55.1 Å². The van der Waals surface area contributed by atoms with Crippen LogP contribution >= 0.6 is 0 Å². The maximum absolute atomic E-state index is 13.6. The first kappa shape index (κ1) is 21.9. The number of ether oxygens (including phenoxy) is 1. The number of amides is 3. The van der Waals surface area contributed by atoms with Crippen LogP contribution in [0.4, 0.5) is 0 Å². The Balaban J connectivity index is 1.38. The van der Waals surface area contributed by atoms with E-state index in [4.69, 9.17) is 4.74 Å². The normalized spacial score (nSPS) is 32.6. The Hall–Kier alpha value is -2.93. The molecule has 3 aliphatic heterocycles. The van der Waals surface area contributed by atoms with E-state index >= 15 is 0 Å². The first-order valence-corrected chi connectivity index (χ1v) is 12.0. The van der Waals surface area contributed by atoms with Gasteiger partial charge < -0.3 is 20.3 Å². The standard InChI is InChI=1S/C26H31N3O4/c1-2-15-29-22(24(31)28-18-11-7-4-8-12-18)26-14-13-19(33-26)20(21(26)25(29)32)23(30)27-16-17-9-5-3-6-10-17/h2-3,5-6,9-10,13-14,18-22H,1,4,7-8,11-12,15-16H2,(H,27,30)(H,28,31)/t19-,20+,21+,22-,26+/m1/s1. The van der Waals surface area contributed by atoms with Gasteiger partial charge in [0.25, 0.3) is 0 Å². The summed E-state index contributed by atoms with van der Waals surface area (Å²) in [6.07, 6.45) is 10.1. The van der Waals surface area contributed by atoms with Gasteiger partial charge >= 0.3 is 0 Å². The Morgan fingerprint density at radius 3 is 2.64 bits per heavy atom. The smallest absolute Gasteiger partial charge is 0.246 e. The number of nitrogens with zero attached hydrogens (tertiary/aromatic N) is 1. The lowest BCUT2D eigenvalue weighted by Gasteiger charge is -2.33. The number of carbonyl (C=O) groups is 3. The third-order valence-electron chi connectivity index (χ3n) is 7.51. The van der Waals surface area contributed by atoms with Gasteiger partial charge in [0.2, 0.25) is 17.7 Å². The lowest BCUT2D eigenvalue weighted by molar-refractivity contribution is -0.141. The summed E-state index contributed by atoms with van der Waals surface area (Å²) in [6.45, 7) is 4.39. The molecule has 4 aliphatic rings. The Kier molecular flexibility index (Phi) is 5.83. The van der Waals surface area contributed by atoms with Crippen LogP contribution in [-0.4, -0.2) is 53.0 Å². The van der Waals surface area contributed by atoms with Crippen LogP contribution < -0.4 is 10.6 Å². The third kappa shape index (κ3) is 3.68. The molecule has 1 aliphatic carbocycles. The monoisotopic (exact) mass is 449 g/mol. The molecule has 5 atom stereocenters. The van der Waals surface area contributed by atoms with E-state index in [1.807, 2.05) is 42.5 Å². The van der Waals surface area contributed by atoms with Crippen molar-refractivity contribution in [3.63, 3.8) is 0 Å². The van der Waals surface area contributed by atoms with Gasteiger partial charge in [0, 0.05) is 19.1 Å². The van der Waals surface area contributed by atoms with Gasteiger partial charge in [-0.3, -0.25) is 14.4 Å². The minimum Gasteiger partial charge on any atom is -0.359 e. The van der Waals surface area contributed by atoms with Crippen LogP contribution in [0, 0.1) is 11.8 Å². The van der Waals surface area contributed by atoms with Crippen LogP contribution in [0.1, 0.15) is 37.7 Å². The molecule has 2 N–H and O–H groups in total. The first-order valence-electron chi connectivity index (χ1n) is 12.0. The summed E-state index contributed by atoms with van der Waals surface area (Å²) in [4.78, 5) is 41.8. The Bertz CT molecular complexity index is 971. The van der Waals surface area contributed by atoms with Crippen LogP contribution in [-0.2, 0) is 25.7 Å². The number of hydrogen-bond acceptors (Lipinski definition) is 4. The molecule has 1 aromatic carbocycles. The van der Waals surface area contributed by atoms with Crippen molar-refractivity contribution in [2.24, 2.45) is 11.8 Å². The van der Waals surface area contributed by atoms with Crippen molar-refractivity contribution in [1.29, 1.82) is 0 Å². The van der Waals surface area contributed by atoms with Gasteiger partial charge in [0.05, 0.1) is 17.9 Å². The van der Waals surface area contributed by atoms with Gasteiger partial charge in [0.1, 0.15) is 11.6 Å². The fourth-order valence-electron chi connectivity index (χ4n) is 6.03. The third-order valence-corrected chi connectivity index (χ3v) is 7.51. The predicted octanol–water partition coefficient (Wildman–Crippen LogP) is 2.09. The Morgan fingerprint density at radius 1 is 1.15 bits per heavy atom. The molecule has 1 saturated carbocycles. The number of likely N-dealkylation sites (tertiary alicyclic amines) is 1. The largest absolute Gasteiger partial charge is 0.359 e. The Labute approximate surface area is 194 Å². The second-order valence-corrected chi connectivity index (χ2v) is 9.53. The summed E-state index contributed by atoms with van der Waals surface area (Å²) in [5, 5.41) is 6.14. The average molecular weight is 450 g/mol. The molecule has 2 bridgehead atoms. The molecule has 3 fully saturated rings. The number of carbonyl (C=O) groups excluding carboxylic acids is 3. The summed E-state index contributed by atoms with van der Waals surface area (Å²) >= 11 is 0. The Morgan fingerprint density at radius 2 is 1.91 bits per heavy atom. The molecule has 2 saturated heterocycles. The first-order chi connectivity index (χ1) is 16.0. The van der Waals surface area contributed by atoms with Crippen molar-refractivity contribution in [1.82, 2.24) is 15.5 Å². The van der Waals surface area contributed by atoms with Gasteiger partial charge in [-0.1, -0.05) is 67.8 Å². The van der Waals surface area contributed by atoms with Gasteiger partial charge in [-0.2, -0.15) is 0 Å². The molecule has 0 radical (unpaired) electrons. The SMILES string of the molecule is C=CCN1C(=O)[C@@H]2[C@@H](C(=O)NCc3ccccc3)[C@H]3C=C[C@@]2(O3)[C@H]1C(=O)NC1CCCCC1. The zero-order valence-corrected chi connectivity index (χ0v) is 18.7. The number of hydrogen-bond donors (Lipinski definition) is 2. The summed E-state index contributed by atoms with van der Waals surface area (Å²) in [6, 6.07) is 8.96. The molecule has 3 amide bonds. The van der Waals surface area contributed by atoms with Crippen molar-refractivity contribution in [3.8, 4) is 0 Å². The molecule has 3 heterocycles. The maximum atomic E-state index is 13.6. The molecule has 7 heteroatoms. The fourth-order valence-corrected chi connectivity index (χ4v) is 6.03. The van der Waals surface area contributed by atoms with Crippen molar-refractivity contribution in [3.05, 3.63) is 60.7 Å². The molecule has 0 unspecified atom stereocenters. The molecule has 33 heavy (non-hydrogen) atoms. The topological polar surface area (TPSA) is 87.7 Å². The van der Waals surface area contributed by atoms with E-state index in [-0.39, 0.29) is 30.3 Å². The lowest BCUT2D eigenvalue weighted by atomic mass is 9.74. The van der Waals surface area contributed by atoms with Crippen LogP contribution in [0.3, 0.4) is 0 Å². The van der Waals surface area contributed by atoms with E-state index in [9.17, 15) is 14.4 Å². The second-order valence-electron chi connectivity index (χ2n) is 9.53. The van der Waals surface area contributed by atoms with Crippen LogP contribution in [0.5, 0.6) is 0 Å². The van der Waals surface area contributed by atoms with E-state index in [1.165, 1.54) is 6.42 Å². The number of rotatable bonds is 7. The highest BCUT2D eigenvalue weighted by atomic mass is 16.5. The lowest BCUT2D eigenvalue weighted by Crippen LogP contribution is -2.56. The molecule has 1 aromatic rings. The number of benzene rings is 1. The summed E-state index contributed by atoms with van der Waals surface area (Å²) in [5.74, 6) is -2.02. The van der Waals surface area contributed by atoms with Crippen LogP contribution in [0.25, 0.3) is 0 Å². The highest BCUT2D eigenvalue weighted by molar-refractivity contribution is 6.00. The van der Waals surface area contributed by atoms with E-state index in [0.717, 1.165) is 31.2 Å². The predicted molar refractivity (Wildman–Crippen MR) is 123 cm³/mol. The summed E-state index contributed by atoms with van der Waals surface area (Å²) in [7, 11) is 0. The molecular formula is C26H31N3O4. The van der Waals surface area contributed by atoms with Gasteiger partial charge in [-0.15, -0.1) is 6.58 Å². The van der Waals surface area contributed by atoms with E-state index < -0.39 is 29.6 Å². The molecule has 7 nitrogen and oxygen atoms in total. The van der Waals surface area contributed by atoms with Crippen molar-refractivity contribution >= 4 is 17.7 Å². The molecule has 174 valence electrons. The fraction of sp³-hybridized carbons (Fsp3) is 0.500. The van der Waals surface area contributed by atoms with E-state index in [0.29, 0.717) is 6.54 Å². The average Bonchev–Trinajstić information content (AvgIpc) is 3.47. The number of fused-ring (bicyclic) bond motifs is 1. The highest BCUT2D eigenvalue weighted by Crippen LogP contribution is 2.55. The van der Waals surface area contributed by atoms with E-state index in [2.05, 4.69) is 17.2 Å². The van der Waals surface area contributed by atoms with Gasteiger partial charge in [0.15, 0.2) is 0 Å². The van der Waals surface area contributed by atoms with Crippen molar-refractivity contribution in [2.45, 2.75) is 62.4 Å². The molecule has 0 aromatic heterocycles. The minimum atomic E-state index is -1.11.